The van der Waals surface area contributed by atoms with Crippen LogP contribution >= 0.6 is 11.3 Å². The molecule has 3 aromatic rings. The molecule has 1 amide bonds. The number of thiophene rings is 1. The summed E-state index contributed by atoms with van der Waals surface area (Å²) in [5.74, 6) is 1.82. The number of fused-ring (bicyclic) bond motifs is 1. The van der Waals surface area contributed by atoms with Crippen LogP contribution in [0.3, 0.4) is 0 Å². The number of morpholine rings is 1. The number of aryl methyl sites for hydroxylation is 1. The lowest BCUT2D eigenvalue weighted by atomic mass is 10.2. The fraction of sp³-hybridized carbons (Fsp3) is 0.423. The summed E-state index contributed by atoms with van der Waals surface area (Å²) >= 11 is 1.78. The Balaban J connectivity index is 1.32. The highest BCUT2D eigenvalue weighted by Gasteiger charge is 2.21. The van der Waals surface area contributed by atoms with Gasteiger partial charge in [0, 0.05) is 49.7 Å². The summed E-state index contributed by atoms with van der Waals surface area (Å²) in [4.78, 5) is 29.5. The van der Waals surface area contributed by atoms with Gasteiger partial charge in [-0.25, -0.2) is 9.97 Å². The summed E-state index contributed by atoms with van der Waals surface area (Å²) in [6.07, 6.45) is 3.44. The lowest BCUT2D eigenvalue weighted by Crippen LogP contribution is -2.48. The third-order valence-corrected chi connectivity index (χ3v) is 7.76. The van der Waals surface area contributed by atoms with Gasteiger partial charge in [-0.3, -0.25) is 9.69 Å². The van der Waals surface area contributed by atoms with Crippen LogP contribution in [0.25, 0.3) is 21.6 Å². The highest BCUT2D eigenvalue weighted by molar-refractivity contribution is 7.19. The van der Waals surface area contributed by atoms with Crippen molar-refractivity contribution in [3.05, 3.63) is 47.9 Å². The maximum Gasteiger partial charge on any atom is 0.246 e. The van der Waals surface area contributed by atoms with Gasteiger partial charge < -0.3 is 19.6 Å². The summed E-state index contributed by atoms with van der Waals surface area (Å²) in [5, 5.41) is 9.96. The lowest BCUT2D eigenvalue weighted by Gasteiger charge is -2.34. The SMILES string of the molecule is C=CC(=O)N1CCN(CCCc2cc3nc(-c4cccc(O)c4)nc(N4CCOCC4)c3s2)CC1. The Hall–Kier alpha value is -3.01. The van der Waals surface area contributed by atoms with Crippen LogP contribution in [0, 0.1) is 0 Å². The minimum Gasteiger partial charge on any atom is -0.508 e. The molecule has 0 radical (unpaired) electrons. The monoisotopic (exact) mass is 493 g/mol. The number of benzene rings is 1. The number of rotatable bonds is 7. The molecule has 2 fully saturated rings. The van der Waals surface area contributed by atoms with Gasteiger partial charge in [-0.1, -0.05) is 18.7 Å². The predicted molar refractivity (Wildman–Crippen MR) is 139 cm³/mol. The molecule has 2 aromatic heterocycles. The average molecular weight is 494 g/mol. The van der Waals surface area contributed by atoms with Crippen molar-refractivity contribution in [2.75, 3.05) is 63.9 Å². The molecule has 1 aromatic carbocycles. The number of nitrogens with zero attached hydrogens (tertiary/aromatic N) is 5. The summed E-state index contributed by atoms with van der Waals surface area (Å²) in [6.45, 7) is 10.9. The number of piperazine rings is 1. The van der Waals surface area contributed by atoms with Crippen molar-refractivity contribution in [1.29, 1.82) is 0 Å². The molecular weight excluding hydrogens is 462 g/mol. The predicted octanol–water partition coefficient (Wildman–Crippen LogP) is 3.16. The van der Waals surface area contributed by atoms with Crippen LogP contribution in [0.15, 0.2) is 43.0 Å². The summed E-state index contributed by atoms with van der Waals surface area (Å²) in [5.41, 5.74) is 1.76. The van der Waals surface area contributed by atoms with E-state index in [0.717, 1.165) is 80.3 Å². The molecule has 2 saturated heterocycles. The van der Waals surface area contributed by atoms with E-state index in [4.69, 9.17) is 14.7 Å². The number of aromatic hydroxyl groups is 1. The number of hydrogen-bond acceptors (Lipinski definition) is 8. The first kappa shape index (κ1) is 23.7. The minimum absolute atomic E-state index is 0.0252. The van der Waals surface area contributed by atoms with Gasteiger partial charge in [-0.2, -0.15) is 0 Å². The van der Waals surface area contributed by atoms with Gasteiger partial charge >= 0.3 is 0 Å². The van der Waals surface area contributed by atoms with E-state index in [2.05, 4.69) is 22.4 Å². The number of phenols is 1. The Kier molecular flexibility index (Phi) is 7.26. The third-order valence-electron chi connectivity index (χ3n) is 6.58. The van der Waals surface area contributed by atoms with Crippen molar-refractivity contribution >= 4 is 33.3 Å². The van der Waals surface area contributed by atoms with Crippen LogP contribution < -0.4 is 4.90 Å². The third kappa shape index (κ3) is 5.47. The van der Waals surface area contributed by atoms with Crippen molar-refractivity contribution in [3.8, 4) is 17.1 Å². The average Bonchev–Trinajstić information content (AvgIpc) is 3.31. The van der Waals surface area contributed by atoms with E-state index in [0.29, 0.717) is 19.0 Å². The molecule has 8 nitrogen and oxygen atoms in total. The van der Waals surface area contributed by atoms with E-state index < -0.39 is 0 Å². The zero-order valence-electron chi connectivity index (χ0n) is 19.9. The number of amides is 1. The molecule has 0 spiro atoms. The van der Waals surface area contributed by atoms with Crippen LogP contribution in [0.2, 0.25) is 0 Å². The number of ether oxygens (including phenoxy) is 1. The van der Waals surface area contributed by atoms with Gasteiger partial charge in [0.1, 0.15) is 5.75 Å². The molecule has 0 atom stereocenters. The molecule has 0 aliphatic carbocycles. The van der Waals surface area contributed by atoms with Crippen LogP contribution in [-0.4, -0.2) is 89.8 Å². The molecule has 5 rings (SSSR count). The van der Waals surface area contributed by atoms with Gasteiger partial charge in [-0.15, -0.1) is 11.3 Å². The molecule has 9 heteroatoms. The fourth-order valence-corrected chi connectivity index (χ4v) is 5.80. The van der Waals surface area contributed by atoms with Crippen LogP contribution in [0.4, 0.5) is 5.82 Å². The van der Waals surface area contributed by atoms with E-state index in [1.54, 1.807) is 23.5 Å². The normalized spacial score (nSPS) is 17.1. The second-order valence-corrected chi connectivity index (χ2v) is 10.1. The first-order valence-corrected chi connectivity index (χ1v) is 13.0. The molecule has 2 aliphatic heterocycles. The molecule has 0 saturated carbocycles. The van der Waals surface area contributed by atoms with Gasteiger partial charge in [-0.05, 0) is 43.7 Å². The zero-order valence-corrected chi connectivity index (χ0v) is 20.7. The van der Waals surface area contributed by atoms with Crippen molar-refractivity contribution in [2.45, 2.75) is 12.8 Å². The quantitative estimate of drug-likeness (QED) is 0.506. The van der Waals surface area contributed by atoms with E-state index in [1.807, 2.05) is 17.0 Å². The molecule has 35 heavy (non-hydrogen) atoms. The highest BCUT2D eigenvalue weighted by atomic mass is 32.1. The van der Waals surface area contributed by atoms with Crippen molar-refractivity contribution in [3.63, 3.8) is 0 Å². The van der Waals surface area contributed by atoms with Gasteiger partial charge in [0.15, 0.2) is 11.6 Å². The Morgan fingerprint density at radius 1 is 1.11 bits per heavy atom. The first-order valence-electron chi connectivity index (χ1n) is 12.2. The summed E-state index contributed by atoms with van der Waals surface area (Å²) in [6, 6.07) is 9.31. The Bertz CT molecular complexity index is 1200. The van der Waals surface area contributed by atoms with Gasteiger partial charge in [0.2, 0.25) is 5.91 Å². The maximum atomic E-state index is 11.8. The lowest BCUT2D eigenvalue weighted by molar-refractivity contribution is -0.127. The Morgan fingerprint density at radius 3 is 2.66 bits per heavy atom. The molecule has 2 aliphatic rings. The van der Waals surface area contributed by atoms with Gasteiger partial charge in [0.05, 0.1) is 23.4 Å². The largest absolute Gasteiger partial charge is 0.508 e. The van der Waals surface area contributed by atoms with Crippen molar-refractivity contribution in [1.82, 2.24) is 19.8 Å². The second kappa shape index (κ2) is 10.7. The molecule has 184 valence electrons. The van der Waals surface area contributed by atoms with Crippen LogP contribution in [0.1, 0.15) is 11.3 Å². The standard InChI is InChI=1S/C26H31N5O3S/c1-2-23(33)30-11-9-29(10-12-30)8-4-7-21-18-22-24(35-21)26(31-13-15-34-16-14-31)28-25(27-22)19-5-3-6-20(32)17-19/h2-3,5-6,17-18,32H,1,4,7-16H2. The van der Waals surface area contributed by atoms with Crippen LogP contribution in [-0.2, 0) is 16.0 Å². The summed E-state index contributed by atoms with van der Waals surface area (Å²) < 4.78 is 6.67. The van der Waals surface area contributed by atoms with E-state index >= 15 is 0 Å². The fourth-order valence-electron chi connectivity index (χ4n) is 4.65. The first-order chi connectivity index (χ1) is 17.1. The number of hydrogen-bond donors (Lipinski definition) is 1. The van der Waals surface area contributed by atoms with E-state index in [1.165, 1.54) is 11.0 Å². The molecule has 4 heterocycles. The number of phenolic OH excluding ortho intramolecular Hbond substituents is 1. The number of carbonyl (C=O) groups is 1. The summed E-state index contributed by atoms with van der Waals surface area (Å²) in [7, 11) is 0. The minimum atomic E-state index is 0.0252. The number of aromatic nitrogens is 2. The molecule has 0 unspecified atom stereocenters. The van der Waals surface area contributed by atoms with Crippen LogP contribution in [0.5, 0.6) is 5.75 Å². The van der Waals surface area contributed by atoms with Gasteiger partial charge in [0.25, 0.3) is 0 Å². The molecule has 1 N–H and O–H groups in total. The van der Waals surface area contributed by atoms with E-state index in [-0.39, 0.29) is 11.7 Å². The highest BCUT2D eigenvalue weighted by Crippen LogP contribution is 2.35. The van der Waals surface area contributed by atoms with Crippen molar-refractivity contribution in [2.24, 2.45) is 0 Å². The number of anilines is 1. The van der Waals surface area contributed by atoms with E-state index in [9.17, 15) is 9.90 Å². The maximum absolute atomic E-state index is 11.8. The Labute approximate surface area is 209 Å². The van der Waals surface area contributed by atoms with Crippen molar-refractivity contribution < 1.29 is 14.6 Å². The number of carbonyl (C=O) groups excluding carboxylic acids is 1. The topological polar surface area (TPSA) is 82.0 Å². The second-order valence-electron chi connectivity index (χ2n) is 8.92. The smallest absolute Gasteiger partial charge is 0.246 e. The molecule has 0 bridgehead atoms. The molecular formula is C26H31N5O3S. The Morgan fingerprint density at radius 2 is 1.91 bits per heavy atom. The zero-order chi connectivity index (χ0) is 24.2.